The Kier molecular flexibility index (Phi) is 4.01. The van der Waals surface area contributed by atoms with Gasteiger partial charge in [0.1, 0.15) is 11.6 Å². The molecular formula is C12H18N2O3S. The fraction of sp³-hybridized carbons (Fsp3) is 0.583. The summed E-state index contributed by atoms with van der Waals surface area (Å²) in [6, 6.07) is 3.00. The molecule has 1 aromatic rings. The number of carbonyl (C=O) groups is 1. The Morgan fingerprint density at radius 2 is 2.61 bits per heavy atom. The highest BCUT2D eigenvalue weighted by Gasteiger charge is 2.39. The molecule has 0 spiro atoms. The molecule has 0 radical (unpaired) electrons. The Morgan fingerprint density at radius 3 is 3.17 bits per heavy atom. The number of nitrogens with two attached hydrogens (primary N) is 1. The van der Waals surface area contributed by atoms with Crippen molar-refractivity contribution in [3.8, 4) is 0 Å². The summed E-state index contributed by atoms with van der Waals surface area (Å²) in [7, 11) is 0. The second-order valence-corrected chi connectivity index (χ2v) is 5.56. The molecule has 1 fully saturated rings. The lowest BCUT2D eigenvalue weighted by molar-refractivity contribution is -0.124. The molecule has 0 saturated carbocycles. The zero-order valence-corrected chi connectivity index (χ0v) is 11.1. The molecule has 2 heterocycles. The van der Waals surface area contributed by atoms with E-state index in [2.05, 4.69) is 5.32 Å². The second-order valence-electron chi connectivity index (χ2n) is 4.58. The summed E-state index contributed by atoms with van der Waals surface area (Å²) < 4.78 is 5.30. The summed E-state index contributed by atoms with van der Waals surface area (Å²) >= 11 is 1.44. The van der Waals surface area contributed by atoms with Gasteiger partial charge in [-0.3, -0.25) is 4.79 Å². The number of thiophene rings is 1. The summed E-state index contributed by atoms with van der Waals surface area (Å²) in [6.07, 6.45) is 0.263. The van der Waals surface area contributed by atoms with Gasteiger partial charge < -0.3 is 20.9 Å². The number of amides is 1. The van der Waals surface area contributed by atoms with Crippen LogP contribution in [0.15, 0.2) is 17.5 Å². The number of nitrogens with one attached hydrogen (secondary N) is 1. The van der Waals surface area contributed by atoms with Gasteiger partial charge in [-0.1, -0.05) is 6.07 Å². The molecule has 1 aliphatic rings. The minimum Gasteiger partial charge on any atom is -0.385 e. The highest BCUT2D eigenvalue weighted by Crippen LogP contribution is 2.25. The fourth-order valence-electron chi connectivity index (χ4n) is 1.95. The van der Waals surface area contributed by atoms with Crippen molar-refractivity contribution in [2.75, 3.05) is 13.2 Å². The van der Waals surface area contributed by atoms with Crippen LogP contribution in [0.25, 0.3) is 0 Å². The minimum atomic E-state index is -0.981. The van der Waals surface area contributed by atoms with Crippen LogP contribution < -0.4 is 11.1 Å². The van der Waals surface area contributed by atoms with Gasteiger partial charge in [-0.05, 0) is 18.4 Å². The normalized spacial score (nSPS) is 29.2. The maximum absolute atomic E-state index is 11.9. The van der Waals surface area contributed by atoms with E-state index in [-0.39, 0.29) is 18.6 Å². The predicted molar refractivity (Wildman–Crippen MR) is 69.2 cm³/mol. The molecule has 18 heavy (non-hydrogen) atoms. The average molecular weight is 270 g/mol. The molecule has 3 unspecified atom stereocenters. The highest BCUT2D eigenvalue weighted by molar-refractivity contribution is 7.10. The molecule has 5 nitrogen and oxygen atoms in total. The van der Waals surface area contributed by atoms with Crippen molar-refractivity contribution in [3.63, 3.8) is 0 Å². The van der Waals surface area contributed by atoms with Gasteiger partial charge >= 0.3 is 0 Å². The van der Waals surface area contributed by atoms with E-state index in [1.165, 1.54) is 11.3 Å². The van der Waals surface area contributed by atoms with E-state index in [0.717, 1.165) is 4.88 Å². The first-order chi connectivity index (χ1) is 8.53. The summed E-state index contributed by atoms with van der Waals surface area (Å²) in [5.74, 6) is -0.273. The van der Waals surface area contributed by atoms with Gasteiger partial charge in [-0.2, -0.15) is 0 Å². The average Bonchev–Trinajstić information content (AvgIpc) is 2.97. The Hall–Kier alpha value is -0.950. The molecule has 1 amide bonds. The lowest BCUT2D eigenvalue weighted by atomic mass is 9.96. The van der Waals surface area contributed by atoms with Crippen molar-refractivity contribution in [2.24, 2.45) is 5.73 Å². The van der Waals surface area contributed by atoms with Gasteiger partial charge in [0.15, 0.2) is 0 Å². The number of hydrogen-bond donors (Lipinski definition) is 3. The van der Waals surface area contributed by atoms with Crippen LogP contribution in [0.2, 0.25) is 0 Å². The van der Waals surface area contributed by atoms with Crippen LogP contribution in [0.3, 0.4) is 0 Å². The van der Waals surface area contributed by atoms with E-state index in [0.29, 0.717) is 13.0 Å². The highest BCUT2D eigenvalue weighted by atomic mass is 32.1. The van der Waals surface area contributed by atoms with E-state index in [4.69, 9.17) is 10.5 Å². The van der Waals surface area contributed by atoms with Crippen LogP contribution in [0.4, 0.5) is 0 Å². The number of rotatable bonds is 4. The van der Waals surface area contributed by atoms with Crippen molar-refractivity contribution in [3.05, 3.63) is 22.4 Å². The maximum atomic E-state index is 11.9. The van der Waals surface area contributed by atoms with Crippen molar-refractivity contribution >= 4 is 17.2 Å². The van der Waals surface area contributed by atoms with Crippen molar-refractivity contribution in [1.82, 2.24) is 5.32 Å². The third-order valence-electron chi connectivity index (χ3n) is 3.36. The van der Waals surface area contributed by atoms with E-state index in [9.17, 15) is 9.90 Å². The molecule has 2 rings (SSSR count). The molecular weight excluding hydrogens is 252 g/mol. The Bertz CT molecular complexity index is 409. The van der Waals surface area contributed by atoms with Crippen LogP contribution in [0.5, 0.6) is 0 Å². The van der Waals surface area contributed by atoms with Gasteiger partial charge in [-0.15, -0.1) is 11.3 Å². The SMILES string of the molecule is CC1OCCC1(O)CNC(=O)C(N)c1cccs1. The van der Waals surface area contributed by atoms with Crippen LogP contribution in [-0.2, 0) is 9.53 Å². The topological polar surface area (TPSA) is 84.6 Å². The predicted octanol–water partition coefficient (Wildman–Crippen LogP) is 0.404. The molecule has 0 aliphatic carbocycles. The first kappa shape index (κ1) is 13.5. The fourth-order valence-corrected chi connectivity index (χ4v) is 2.68. The first-order valence-corrected chi connectivity index (χ1v) is 6.81. The molecule has 1 aromatic heterocycles. The monoisotopic (exact) mass is 270 g/mol. The van der Waals surface area contributed by atoms with E-state index in [1.807, 2.05) is 17.5 Å². The zero-order valence-electron chi connectivity index (χ0n) is 10.3. The van der Waals surface area contributed by atoms with Gasteiger partial charge in [0.05, 0.1) is 6.10 Å². The van der Waals surface area contributed by atoms with Crippen LogP contribution in [0.1, 0.15) is 24.3 Å². The first-order valence-electron chi connectivity index (χ1n) is 5.93. The number of ether oxygens (including phenoxy) is 1. The summed E-state index contributed by atoms with van der Waals surface area (Å²) in [4.78, 5) is 12.7. The van der Waals surface area contributed by atoms with Crippen LogP contribution >= 0.6 is 11.3 Å². The quantitative estimate of drug-likeness (QED) is 0.739. The molecule has 100 valence electrons. The number of aliphatic hydroxyl groups is 1. The van der Waals surface area contributed by atoms with Crippen LogP contribution in [0, 0.1) is 0 Å². The smallest absolute Gasteiger partial charge is 0.242 e. The van der Waals surface area contributed by atoms with Crippen LogP contribution in [-0.4, -0.2) is 35.9 Å². The largest absolute Gasteiger partial charge is 0.385 e. The third-order valence-corrected chi connectivity index (χ3v) is 4.32. The number of hydrogen-bond acceptors (Lipinski definition) is 5. The molecule has 6 heteroatoms. The molecule has 3 atom stereocenters. The summed E-state index contributed by atoms with van der Waals surface area (Å²) in [5, 5.41) is 14.8. The molecule has 0 aromatic carbocycles. The minimum absolute atomic E-state index is 0.173. The second kappa shape index (κ2) is 5.36. The summed E-state index contributed by atoms with van der Waals surface area (Å²) in [6.45, 7) is 2.49. The lowest BCUT2D eigenvalue weighted by Gasteiger charge is -2.26. The van der Waals surface area contributed by atoms with E-state index in [1.54, 1.807) is 6.92 Å². The Morgan fingerprint density at radius 1 is 1.83 bits per heavy atom. The van der Waals surface area contributed by atoms with Crippen molar-refractivity contribution < 1.29 is 14.6 Å². The standard InChI is InChI=1S/C12H18N2O3S/c1-8-12(16,4-5-17-8)7-14-11(15)10(13)9-3-2-6-18-9/h2-3,6,8,10,16H,4-5,7,13H2,1H3,(H,14,15). The van der Waals surface area contributed by atoms with Gasteiger partial charge in [-0.25, -0.2) is 0 Å². The van der Waals surface area contributed by atoms with Crippen molar-refractivity contribution in [1.29, 1.82) is 0 Å². The Labute approximate surface area is 110 Å². The van der Waals surface area contributed by atoms with Gasteiger partial charge in [0.25, 0.3) is 0 Å². The third kappa shape index (κ3) is 2.72. The summed E-state index contributed by atoms with van der Waals surface area (Å²) in [5.41, 5.74) is 4.85. The van der Waals surface area contributed by atoms with E-state index < -0.39 is 11.6 Å². The number of carbonyl (C=O) groups excluding carboxylic acids is 1. The van der Waals surface area contributed by atoms with Crippen molar-refractivity contribution in [2.45, 2.75) is 31.1 Å². The molecule has 1 aliphatic heterocycles. The van der Waals surface area contributed by atoms with Gasteiger partial charge in [0, 0.05) is 24.4 Å². The molecule has 1 saturated heterocycles. The maximum Gasteiger partial charge on any atom is 0.242 e. The molecule has 4 N–H and O–H groups in total. The van der Waals surface area contributed by atoms with Gasteiger partial charge in [0.2, 0.25) is 5.91 Å². The zero-order chi connectivity index (χ0) is 13.2. The lowest BCUT2D eigenvalue weighted by Crippen LogP contribution is -2.49. The Balaban J connectivity index is 1.89. The molecule has 0 bridgehead atoms. The van der Waals surface area contributed by atoms with E-state index >= 15 is 0 Å².